The van der Waals surface area contributed by atoms with Crippen molar-refractivity contribution in [3.05, 3.63) is 92.6 Å². The van der Waals surface area contributed by atoms with Crippen LogP contribution < -0.4 is 36.6 Å². The maximum atomic E-state index is 13.8. The first kappa shape index (κ1) is 48.0. The highest BCUT2D eigenvalue weighted by molar-refractivity contribution is 9.10. The summed E-state index contributed by atoms with van der Waals surface area (Å²) in [5.41, 5.74) is 8.31. The van der Waals surface area contributed by atoms with E-state index >= 15 is 0 Å². The van der Waals surface area contributed by atoms with Crippen LogP contribution in [-0.2, 0) is 34.0 Å². The van der Waals surface area contributed by atoms with Crippen molar-refractivity contribution in [2.75, 3.05) is 75.2 Å². The van der Waals surface area contributed by atoms with Gasteiger partial charge in [-0.1, -0.05) is 32.0 Å². The van der Waals surface area contributed by atoms with Crippen molar-refractivity contribution < 1.29 is 18.9 Å². The molecule has 3 aromatic carbocycles. The fraction of sp³-hybridized carbons (Fsp3) is 0.462. The Kier molecular flexibility index (Phi) is 13.4. The summed E-state index contributed by atoms with van der Waals surface area (Å²) in [7, 11) is 0.748. The standard InChI is InChI=1S/C52H63BrN11O5P/c1-7-31-26-41(57-51-54-28-38(53)49(59-51)56-40-15-14-39-37(48(40)70(5,6)68)13-12-33(8-2)55-39)45(69-4)27-44(31)62-24-20-34(21-25-62)61-22-18-35(19-23-61)63-29-32(30-63)36-10-9-11-42-47(36)60(3)52(67)64(42)43-16-17-46(65)58-50(43)66/h9-15,26-28,32,34-35,43H,7-8,16-25,29-30H2,1-6H3,(H,58,65,66)(H2,54,56,57,59). The SMILES string of the molecule is CCc1ccc2c(P(C)(C)=O)c(Nc3nc(Nc4cc(CC)c(N5CCC(N6CCC(N7CC(c8cccc9c8n(C)c(=O)n9C8CCC(=O)NC8=O)C7)CC6)CC5)cc4OC)ncc3Br)ccc2n1. The second kappa shape index (κ2) is 19.5. The minimum atomic E-state index is -2.74. The van der Waals surface area contributed by atoms with E-state index in [4.69, 9.17) is 14.7 Å². The van der Waals surface area contributed by atoms with Crippen LogP contribution in [0.2, 0.25) is 0 Å². The molecule has 70 heavy (non-hydrogen) atoms. The molecule has 368 valence electrons. The Hall–Kier alpha value is -5.61. The number of imide groups is 1. The van der Waals surface area contributed by atoms with Crippen molar-refractivity contribution >= 4 is 91.0 Å². The number of nitrogens with zero attached hydrogens (tertiary/aromatic N) is 8. The number of ether oxygens (including phenoxy) is 1. The topological polar surface area (TPSA) is 172 Å². The van der Waals surface area contributed by atoms with Gasteiger partial charge in [-0.05, 0) is 129 Å². The minimum absolute atomic E-state index is 0.219. The van der Waals surface area contributed by atoms with Crippen LogP contribution in [0.5, 0.6) is 5.75 Å². The third kappa shape index (κ3) is 9.14. The number of likely N-dealkylation sites (tertiary alicyclic amines) is 2. The molecule has 0 saturated carbocycles. The average Bonchev–Trinajstić information content (AvgIpc) is 3.60. The summed E-state index contributed by atoms with van der Waals surface area (Å²) < 4.78 is 23.7. The Balaban J connectivity index is 0.756. The zero-order chi connectivity index (χ0) is 49.0. The number of benzene rings is 3. The molecule has 16 nitrogen and oxygen atoms in total. The number of imidazole rings is 1. The van der Waals surface area contributed by atoms with E-state index in [1.807, 2.05) is 36.4 Å². The molecule has 0 aliphatic carbocycles. The molecule has 7 heterocycles. The van der Waals surface area contributed by atoms with E-state index < -0.39 is 19.1 Å². The van der Waals surface area contributed by atoms with Gasteiger partial charge in [-0.25, -0.2) is 9.78 Å². The molecule has 0 radical (unpaired) electrons. The Morgan fingerprint density at radius 2 is 1.60 bits per heavy atom. The van der Waals surface area contributed by atoms with Crippen LogP contribution in [0, 0.1) is 0 Å². The van der Waals surface area contributed by atoms with E-state index in [0.29, 0.717) is 52.1 Å². The Bertz CT molecular complexity index is 3110. The van der Waals surface area contributed by atoms with Crippen LogP contribution in [-0.4, -0.2) is 117 Å². The first-order valence-corrected chi connectivity index (χ1v) is 28.1. The number of rotatable bonds is 13. The van der Waals surface area contributed by atoms with E-state index in [1.165, 1.54) is 11.3 Å². The molecule has 4 aliphatic heterocycles. The number of methoxy groups -OCH3 is 1. The second-order valence-corrected chi connectivity index (χ2v) is 23.7. The zero-order valence-electron chi connectivity index (χ0n) is 40.9. The molecular formula is C52H63BrN11O5P. The van der Waals surface area contributed by atoms with Crippen LogP contribution in [0.4, 0.5) is 28.8 Å². The third-order valence-electron chi connectivity index (χ3n) is 15.2. The van der Waals surface area contributed by atoms with Crippen molar-refractivity contribution in [2.24, 2.45) is 7.05 Å². The molecule has 10 rings (SSSR count). The number of amides is 2. The smallest absolute Gasteiger partial charge is 0.329 e. The van der Waals surface area contributed by atoms with Gasteiger partial charge in [-0.3, -0.25) is 33.9 Å². The van der Waals surface area contributed by atoms with Crippen molar-refractivity contribution in [2.45, 2.75) is 89.3 Å². The number of fused-ring (bicyclic) bond motifs is 2. The number of carbonyl (C=O) groups excluding carboxylic acids is 2. The number of aryl methyl sites for hydroxylation is 3. The van der Waals surface area contributed by atoms with Crippen molar-refractivity contribution in [3.63, 3.8) is 0 Å². The third-order valence-corrected chi connectivity index (χ3v) is 17.3. The van der Waals surface area contributed by atoms with E-state index in [0.717, 1.165) is 122 Å². The number of carbonyl (C=O) groups is 2. The largest absolute Gasteiger partial charge is 0.494 e. The van der Waals surface area contributed by atoms with Gasteiger partial charge in [-0.2, -0.15) is 4.98 Å². The molecule has 4 saturated heterocycles. The second-order valence-electron chi connectivity index (χ2n) is 19.7. The van der Waals surface area contributed by atoms with Gasteiger partial charge in [-0.15, -0.1) is 0 Å². The lowest BCUT2D eigenvalue weighted by atomic mass is 9.86. The van der Waals surface area contributed by atoms with Gasteiger partial charge < -0.3 is 29.7 Å². The van der Waals surface area contributed by atoms with Crippen molar-refractivity contribution in [1.82, 2.24) is 39.2 Å². The van der Waals surface area contributed by atoms with E-state index in [-0.39, 0.29) is 18.0 Å². The lowest BCUT2D eigenvalue weighted by Gasteiger charge is -2.49. The maximum Gasteiger partial charge on any atom is 0.329 e. The summed E-state index contributed by atoms with van der Waals surface area (Å²) >= 11 is 3.64. The molecule has 0 bridgehead atoms. The molecule has 4 fully saturated rings. The minimum Gasteiger partial charge on any atom is -0.494 e. The highest BCUT2D eigenvalue weighted by atomic mass is 79.9. The van der Waals surface area contributed by atoms with Crippen LogP contribution in [0.25, 0.3) is 21.9 Å². The first-order valence-electron chi connectivity index (χ1n) is 24.7. The average molecular weight is 1030 g/mol. The van der Waals surface area contributed by atoms with Crippen molar-refractivity contribution in [1.29, 1.82) is 0 Å². The molecule has 0 spiro atoms. The van der Waals surface area contributed by atoms with E-state index in [1.54, 1.807) is 42.8 Å². The Morgan fingerprint density at radius 3 is 2.30 bits per heavy atom. The van der Waals surface area contributed by atoms with Gasteiger partial charge in [0.25, 0.3) is 0 Å². The summed E-state index contributed by atoms with van der Waals surface area (Å²) in [6.07, 6.45) is 8.44. The highest BCUT2D eigenvalue weighted by Crippen LogP contribution is 2.43. The number of nitrogens with one attached hydrogen (secondary N) is 3. The normalized spacial score (nSPS) is 19.2. The lowest BCUT2D eigenvalue weighted by molar-refractivity contribution is -0.135. The summed E-state index contributed by atoms with van der Waals surface area (Å²) in [6.45, 7) is 13.9. The van der Waals surface area contributed by atoms with E-state index in [9.17, 15) is 18.9 Å². The molecule has 6 aromatic rings. The molecule has 3 aromatic heterocycles. The number of para-hydroxylation sites is 1. The van der Waals surface area contributed by atoms with Crippen LogP contribution >= 0.6 is 23.1 Å². The summed E-state index contributed by atoms with van der Waals surface area (Å²) in [5.74, 6) is 1.28. The molecule has 3 N–H and O–H groups in total. The maximum absolute atomic E-state index is 13.8. The quantitative estimate of drug-likeness (QED) is 0.0757. The first-order chi connectivity index (χ1) is 33.7. The van der Waals surface area contributed by atoms with Gasteiger partial charge in [0, 0.05) is 92.0 Å². The number of halogens is 1. The number of piperidine rings is 3. The molecule has 4 aliphatic rings. The fourth-order valence-corrected chi connectivity index (χ4v) is 13.2. The monoisotopic (exact) mass is 1030 g/mol. The number of hydrogen-bond acceptors (Lipinski definition) is 13. The molecule has 1 unspecified atom stereocenters. The number of anilines is 5. The van der Waals surface area contributed by atoms with Gasteiger partial charge in [0.2, 0.25) is 17.8 Å². The summed E-state index contributed by atoms with van der Waals surface area (Å²) in [5, 5.41) is 10.9. The molecule has 2 amide bonds. The summed E-state index contributed by atoms with van der Waals surface area (Å²) in [6, 6.07) is 18.7. The number of hydrogen-bond donors (Lipinski definition) is 3. The lowest BCUT2D eigenvalue weighted by Crippen LogP contribution is -2.56. The Labute approximate surface area is 417 Å². The molecular weight excluding hydrogens is 970 g/mol. The molecule has 18 heteroatoms. The van der Waals surface area contributed by atoms with Gasteiger partial charge in [0.05, 0.1) is 39.5 Å². The molecule has 1 atom stereocenters. The van der Waals surface area contributed by atoms with Crippen LogP contribution in [0.3, 0.4) is 0 Å². The van der Waals surface area contributed by atoms with Gasteiger partial charge in [0.15, 0.2) is 0 Å². The summed E-state index contributed by atoms with van der Waals surface area (Å²) in [4.78, 5) is 60.3. The predicted octanol–water partition coefficient (Wildman–Crippen LogP) is 7.82. The number of pyridine rings is 1. The Morgan fingerprint density at radius 1 is 0.857 bits per heavy atom. The van der Waals surface area contributed by atoms with Crippen LogP contribution in [0.15, 0.2) is 70.1 Å². The zero-order valence-corrected chi connectivity index (χ0v) is 43.4. The van der Waals surface area contributed by atoms with Crippen LogP contribution in [0.1, 0.15) is 81.2 Å². The van der Waals surface area contributed by atoms with Gasteiger partial charge >= 0.3 is 5.69 Å². The van der Waals surface area contributed by atoms with Gasteiger partial charge in [0.1, 0.15) is 24.8 Å². The number of aromatic nitrogens is 5. The van der Waals surface area contributed by atoms with Crippen molar-refractivity contribution in [3.8, 4) is 5.75 Å². The predicted molar refractivity (Wildman–Crippen MR) is 282 cm³/mol. The fourth-order valence-electron chi connectivity index (χ4n) is 11.5. The van der Waals surface area contributed by atoms with E-state index in [2.05, 4.69) is 83.6 Å². The highest BCUT2D eigenvalue weighted by Gasteiger charge is 2.39.